The highest BCUT2D eigenvalue weighted by atomic mass is 35.5. The van der Waals surface area contributed by atoms with Gasteiger partial charge in [-0.2, -0.15) is 0 Å². The fraction of sp³-hybridized carbons (Fsp3) is 0.357. The van der Waals surface area contributed by atoms with Crippen molar-refractivity contribution in [3.8, 4) is 0 Å². The number of nitrogens with zero attached hydrogens (tertiary/aromatic N) is 1. The van der Waals surface area contributed by atoms with Crippen molar-refractivity contribution in [1.29, 1.82) is 0 Å². The minimum absolute atomic E-state index is 0.0185. The number of aryl methyl sites for hydroxylation is 1. The molecule has 5 nitrogen and oxygen atoms in total. The quantitative estimate of drug-likeness (QED) is 0.145. The van der Waals surface area contributed by atoms with Gasteiger partial charge in [-0.05, 0) is 20.8 Å². The van der Waals surface area contributed by atoms with Gasteiger partial charge in [0.25, 0.3) is 0 Å². The maximum atomic E-state index is 12.6. The summed E-state index contributed by atoms with van der Waals surface area (Å²) < 4.78 is 9.88. The Bertz CT molecular complexity index is 629. The Kier molecular flexibility index (Phi) is 7.13. The number of ketones is 1. The Labute approximate surface area is 143 Å². The Hall–Kier alpha value is -1.30. The van der Waals surface area contributed by atoms with E-state index in [1.54, 1.807) is 13.8 Å². The first-order chi connectivity index (χ1) is 10.3. The van der Waals surface area contributed by atoms with E-state index in [0.29, 0.717) is 0 Å². The number of carbonyl (C=O) groups is 2. The molecule has 0 unspecified atom stereocenters. The molecule has 0 spiro atoms. The second kappa shape index (κ2) is 8.36. The normalized spacial score (nSPS) is 11.3. The van der Waals surface area contributed by atoms with E-state index >= 15 is 0 Å². The Morgan fingerprint density at radius 3 is 2.32 bits per heavy atom. The molecule has 0 aliphatic heterocycles. The molecule has 0 radical (unpaired) electrons. The second-order valence-electron chi connectivity index (χ2n) is 4.03. The molecule has 0 aromatic carbocycles. The topological polar surface area (TPSA) is 65.5 Å². The van der Waals surface area contributed by atoms with Crippen LogP contribution in [-0.4, -0.2) is 30.0 Å². The van der Waals surface area contributed by atoms with Crippen LogP contribution in [0.25, 0.3) is 0 Å². The molecule has 0 fully saturated rings. The van der Waals surface area contributed by atoms with Crippen LogP contribution in [0.1, 0.15) is 29.9 Å². The van der Waals surface area contributed by atoms with E-state index in [1.165, 1.54) is 6.92 Å². The lowest BCUT2D eigenvalue weighted by Gasteiger charge is -2.11. The van der Waals surface area contributed by atoms with Gasteiger partial charge in [0.15, 0.2) is 0 Å². The van der Waals surface area contributed by atoms with Crippen molar-refractivity contribution >= 4 is 46.6 Å². The summed E-state index contributed by atoms with van der Waals surface area (Å²) in [5.41, 5.74) is -0.0694. The first-order valence-corrected chi connectivity index (χ1v) is 7.53. The van der Waals surface area contributed by atoms with Crippen LogP contribution in [0.15, 0.2) is 11.8 Å². The lowest BCUT2D eigenvalue weighted by atomic mass is 10.0. The van der Waals surface area contributed by atoms with Gasteiger partial charge in [-0.1, -0.05) is 34.8 Å². The first kappa shape index (κ1) is 18.7. The van der Waals surface area contributed by atoms with Gasteiger partial charge in [0.05, 0.1) is 34.5 Å². The largest absolute Gasteiger partial charge is 0.500 e. The maximum absolute atomic E-state index is 12.6. The molecular formula is C14H14Cl3NO4. The van der Waals surface area contributed by atoms with Crippen LogP contribution in [0, 0.1) is 6.92 Å². The maximum Gasteiger partial charge on any atom is 0.345 e. The van der Waals surface area contributed by atoms with Crippen molar-refractivity contribution in [2.24, 2.45) is 0 Å². The molecule has 120 valence electrons. The van der Waals surface area contributed by atoms with Crippen LogP contribution in [0.5, 0.6) is 0 Å². The lowest BCUT2D eigenvalue weighted by molar-refractivity contribution is -0.138. The smallest absolute Gasteiger partial charge is 0.345 e. The van der Waals surface area contributed by atoms with E-state index in [0.717, 1.165) is 6.26 Å². The lowest BCUT2D eigenvalue weighted by Crippen LogP contribution is -2.18. The second-order valence-corrected chi connectivity index (χ2v) is 5.14. The molecule has 0 saturated heterocycles. The minimum atomic E-state index is -0.817. The molecular weight excluding hydrogens is 353 g/mol. The fourth-order valence-corrected chi connectivity index (χ4v) is 2.30. The van der Waals surface area contributed by atoms with Gasteiger partial charge in [-0.25, -0.2) is 9.78 Å². The number of pyridine rings is 1. The molecule has 1 heterocycles. The Morgan fingerprint density at radius 2 is 1.77 bits per heavy atom. The zero-order valence-corrected chi connectivity index (χ0v) is 14.5. The number of halogens is 3. The van der Waals surface area contributed by atoms with Gasteiger partial charge in [0.1, 0.15) is 17.0 Å². The summed E-state index contributed by atoms with van der Waals surface area (Å²) in [5.74, 6) is -1.51. The van der Waals surface area contributed by atoms with E-state index in [2.05, 4.69) is 4.98 Å². The standard InChI is InChI=1S/C14H14Cl3NO4/c1-4-21-6-8(14(20)22-5-2)12(19)9-7(3)18-13(17)11(16)10(9)15/h6H,4-5H2,1-3H3. The number of carbonyl (C=O) groups excluding carboxylic acids is 2. The Balaban J connectivity index is 3.37. The van der Waals surface area contributed by atoms with Crippen molar-refractivity contribution in [2.45, 2.75) is 20.8 Å². The van der Waals surface area contributed by atoms with Crippen molar-refractivity contribution < 1.29 is 19.1 Å². The number of rotatable bonds is 6. The third kappa shape index (κ3) is 4.12. The van der Waals surface area contributed by atoms with E-state index in [9.17, 15) is 9.59 Å². The van der Waals surface area contributed by atoms with Crippen LogP contribution in [0.4, 0.5) is 0 Å². The van der Waals surface area contributed by atoms with Crippen molar-refractivity contribution in [3.63, 3.8) is 0 Å². The number of ether oxygens (including phenoxy) is 2. The highest BCUT2D eigenvalue weighted by Gasteiger charge is 2.28. The zero-order valence-electron chi connectivity index (χ0n) is 12.2. The zero-order chi connectivity index (χ0) is 16.9. The summed E-state index contributed by atoms with van der Waals surface area (Å²) in [5, 5.41) is -0.153. The molecule has 0 bridgehead atoms. The van der Waals surface area contributed by atoms with Crippen LogP contribution >= 0.6 is 34.8 Å². The fourth-order valence-electron chi connectivity index (χ4n) is 1.58. The molecule has 0 atom stereocenters. The highest BCUT2D eigenvalue weighted by Crippen LogP contribution is 2.34. The van der Waals surface area contributed by atoms with E-state index in [1.807, 2.05) is 0 Å². The molecule has 0 N–H and O–H groups in total. The van der Waals surface area contributed by atoms with Crippen LogP contribution in [0.3, 0.4) is 0 Å². The summed E-state index contributed by atoms with van der Waals surface area (Å²) in [4.78, 5) is 28.5. The van der Waals surface area contributed by atoms with E-state index in [4.69, 9.17) is 44.3 Å². The molecule has 0 amide bonds. The third-order valence-electron chi connectivity index (χ3n) is 2.56. The van der Waals surface area contributed by atoms with E-state index < -0.39 is 11.8 Å². The summed E-state index contributed by atoms with van der Waals surface area (Å²) in [7, 11) is 0. The van der Waals surface area contributed by atoms with Gasteiger partial charge < -0.3 is 9.47 Å². The van der Waals surface area contributed by atoms with Gasteiger partial charge in [-0.3, -0.25) is 4.79 Å². The number of Topliss-reactive ketones (excluding diaryl/α,β-unsaturated/α-hetero) is 1. The van der Waals surface area contributed by atoms with Gasteiger partial charge in [0, 0.05) is 0 Å². The third-order valence-corrected chi connectivity index (χ3v) is 3.77. The number of esters is 1. The molecule has 1 rings (SSSR count). The van der Waals surface area contributed by atoms with Crippen molar-refractivity contribution in [3.05, 3.63) is 38.3 Å². The van der Waals surface area contributed by atoms with E-state index in [-0.39, 0.29) is 45.2 Å². The van der Waals surface area contributed by atoms with Gasteiger partial charge >= 0.3 is 5.97 Å². The predicted octanol–water partition coefficient (Wildman–Crippen LogP) is 4.02. The SMILES string of the molecule is CCOC=C(C(=O)OCC)C(=O)c1c(C)nc(Cl)c(Cl)c1Cl. The van der Waals surface area contributed by atoms with Crippen LogP contribution in [0.2, 0.25) is 15.2 Å². The summed E-state index contributed by atoms with van der Waals surface area (Å²) >= 11 is 17.8. The van der Waals surface area contributed by atoms with Crippen molar-refractivity contribution in [1.82, 2.24) is 4.98 Å². The first-order valence-electron chi connectivity index (χ1n) is 6.39. The summed E-state index contributed by atoms with van der Waals surface area (Å²) in [6, 6.07) is 0. The number of hydrogen-bond donors (Lipinski definition) is 0. The molecule has 0 saturated carbocycles. The molecule has 1 aromatic heterocycles. The number of hydrogen-bond acceptors (Lipinski definition) is 5. The van der Waals surface area contributed by atoms with Crippen LogP contribution < -0.4 is 0 Å². The summed E-state index contributed by atoms with van der Waals surface area (Å²) in [6.07, 6.45) is 1.04. The van der Waals surface area contributed by atoms with Gasteiger partial charge in [0.2, 0.25) is 5.78 Å². The minimum Gasteiger partial charge on any atom is -0.500 e. The average molecular weight is 367 g/mol. The van der Waals surface area contributed by atoms with Crippen LogP contribution in [-0.2, 0) is 14.3 Å². The monoisotopic (exact) mass is 365 g/mol. The molecule has 0 aliphatic rings. The predicted molar refractivity (Wildman–Crippen MR) is 84.7 cm³/mol. The highest BCUT2D eigenvalue weighted by molar-refractivity contribution is 6.49. The van der Waals surface area contributed by atoms with Crippen molar-refractivity contribution in [2.75, 3.05) is 13.2 Å². The molecule has 8 heteroatoms. The molecule has 0 aliphatic carbocycles. The summed E-state index contributed by atoms with van der Waals surface area (Å²) in [6.45, 7) is 5.26. The molecule has 22 heavy (non-hydrogen) atoms. The molecule has 1 aromatic rings. The average Bonchev–Trinajstić information content (AvgIpc) is 2.45. The van der Waals surface area contributed by atoms with Gasteiger partial charge in [-0.15, -0.1) is 0 Å². The Morgan fingerprint density at radius 1 is 1.14 bits per heavy atom. The number of aromatic nitrogens is 1.